The van der Waals surface area contributed by atoms with E-state index in [4.69, 9.17) is 28.3 Å². The van der Waals surface area contributed by atoms with E-state index in [0.717, 1.165) is 6.07 Å². The maximum absolute atomic E-state index is 12.6. The second-order valence-electron chi connectivity index (χ2n) is 3.49. The van der Waals surface area contributed by atoms with E-state index in [-0.39, 0.29) is 6.07 Å². The Kier molecular flexibility index (Phi) is 3.92. The summed E-state index contributed by atoms with van der Waals surface area (Å²) in [5, 5.41) is 16.8. The molecule has 0 spiro atoms. The Morgan fingerprint density at radius 3 is 1.68 bits per heavy atom. The van der Waals surface area contributed by atoms with Gasteiger partial charge in [0.05, 0.1) is 5.02 Å². The van der Waals surface area contributed by atoms with Crippen molar-refractivity contribution in [3.8, 4) is 5.75 Å². The molecule has 0 saturated carbocycles. The first kappa shape index (κ1) is 16.2. The summed E-state index contributed by atoms with van der Waals surface area (Å²) in [6.45, 7) is 0. The second kappa shape index (κ2) is 4.60. The molecule has 0 aliphatic heterocycles. The Morgan fingerprint density at radius 2 is 1.32 bits per heavy atom. The topological polar surface area (TPSA) is 40.5 Å². The maximum Gasteiger partial charge on any atom is 0.430 e. The van der Waals surface area contributed by atoms with Gasteiger partial charge in [-0.15, -0.1) is 0 Å². The highest BCUT2D eigenvalue weighted by atomic mass is 35.5. The number of halogens is 8. The molecule has 0 atom stereocenters. The third kappa shape index (κ3) is 2.56. The molecule has 1 aromatic carbocycles. The molecule has 0 fully saturated rings. The molecule has 108 valence electrons. The van der Waals surface area contributed by atoms with E-state index >= 15 is 0 Å². The van der Waals surface area contributed by atoms with Gasteiger partial charge in [0.1, 0.15) is 5.75 Å². The zero-order valence-electron chi connectivity index (χ0n) is 8.57. The summed E-state index contributed by atoms with van der Waals surface area (Å²) in [4.78, 5) is 0. The molecule has 1 aromatic rings. The van der Waals surface area contributed by atoms with Gasteiger partial charge in [-0.25, -0.2) is 0 Å². The molecule has 1 rings (SSSR count). The van der Waals surface area contributed by atoms with Crippen LogP contribution in [-0.4, -0.2) is 22.6 Å². The first-order valence-corrected chi connectivity index (χ1v) is 5.12. The predicted octanol–water partition coefficient (Wildman–Crippen LogP) is 4.01. The van der Waals surface area contributed by atoms with Crippen LogP contribution in [0.1, 0.15) is 5.56 Å². The minimum absolute atomic E-state index is 0.143. The van der Waals surface area contributed by atoms with Crippen molar-refractivity contribution in [2.45, 2.75) is 18.0 Å². The van der Waals surface area contributed by atoms with Gasteiger partial charge >= 0.3 is 12.4 Å². The Morgan fingerprint density at radius 1 is 0.895 bits per heavy atom. The van der Waals surface area contributed by atoms with E-state index in [9.17, 15) is 31.4 Å². The Bertz CT molecular complexity index is 483. The van der Waals surface area contributed by atoms with Gasteiger partial charge in [0.15, 0.2) is 0 Å². The Hall–Kier alpha value is -0.860. The van der Waals surface area contributed by atoms with Crippen molar-refractivity contribution in [2.24, 2.45) is 0 Å². The van der Waals surface area contributed by atoms with Gasteiger partial charge in [-0.3, -0.25) is 0 Å². The highest BCUT2D eigenvalue weighted by Crippen LogP contribution is 2.53. The first-order chi connectivity index (χ1) is 8.32. The van der Waals surface area contributed by atoms with Crippen LogP contribution in [0.2, 0.25) is 10.0 Å². The molecule has 0 unspecified atom stereocenters. The minimum Gasteiger partial charge on any atom is -0.506 e. The third-order valence-corrected chi connectivity index (χ3v) is 2.74. The van der Waals surface area contributed by atoms with Crippen LogP contribution in [-0.2, 0) is 5.60 Å². The molecule has 0 amide bonds. The van der Waals surface area contributed by atoms with E-state index < -0.39 is 39.3 Å². The van der Waals surface area contributed by atoms with Crippen LogP contribution < -0.4 is 0 Å². The number of benzene rings is 1. The molecular weight excluding hydrogens is 325 g/mol. The molecule has 0 aliphatic rings. The fourth-order valence-corrected chi connectivity index (χ4v) is 1.80. The lowest BCUT2D eigenvalue weighted by Gasteiger charge is -2.33. The van der Waals surface area contributed by atoms with Crippen LogP contribution in [0.4, 0.5) is 26.3 Å². The van der Waals surface area contributed by atoms with Crippen molar-refractivity contribution >= 4 is 23.2 Å². The van der Waals surface area contributed by atoms with E-state index in [0.29, 0.717) is 0 Å². The van der Waals surface area contributed by atoms with E-state index in [1.807, 2.05) is 0 Å². The van der Waals surface area contributed by atoms with E-state index in [2.05, 4.69) is 0 Å². The predicted molar refractivity (Wildman–Crippen MR) is 54.1 cm³/mol. The zero-order chi connectivity index (χ0) is 15.2. The van der Waals surface area contributed by atoms with Crippen LogP contribution in [0.5, 0.6) is 5.75 Å². The van der Waals surface area contributed by atoms with Gasteiger partial charge in [0, 0.05) is 10.6 Å². The van der Waals surface area contributed by atoms with Crippen molar-refractivity contribution in [1.29, 1.82) is 0 Å². The monoisotopic (exact) mass is 328 g/mol. The molecule has 0 bridgehead atoms. The van der Waals surface area contributed by atoms with Crippen molar-refractivity contribution in [3.63, 3.8) is 0 Å². The van der Waals surface area contributed by atoms with Crippen molar-refractivity contribution < 1.29 is 36.6 Å². The highest BCUT2D eigenvalue weighted by molar-refractivity contribution is 6.35. The zero-order valence-corrected chi connectivity index (χ0v) is 10.1. The fraction of sp³-hybridized carbons (Fsp3) is 0.333. The normalized spacial score (nSPS) is 13.7. The quantitative estimate of drug-likeness (QED) is 0.765. The van der Waals surface area contributed by atoms with E-state index in [1.165, 1.54) is 0 Å². The van der Waals surface area contributed by atoms with Crippen molar-refractivity contribution in [3.05, 3.63) is 27.7 Å². The lowest BCUT2D eigenvalue weighted by atomic mass is 9.91. The lowest BCUT2D eigenvalue weighted by molar-refractivity contribution is -0.376. The minimum atomic E-state index is -6.13. The van der Waals surface area contributed by atoms with Gasteiger partial charge in [0.25, 0.3) is 5.60 Å². The molecule has 0 aliphatic carbocycles. The van der Waals surface area contributed by atoms with Gasteiger partial charge in [-0.2, -0.15) is 26.3 Å². The third-order valence-electron chi connectivity index (χ3n) is 2.24. The Labute approximate surface area is 112 Å². The number of aliphatic hydroxyl groups is 1. The first-order valence-electron chi connectivity index (χ1n) is 4.36. The van der Waals surface area contributed by atoms with Gasteiger partial charge in [-0.1, -0.05) is 23.2 Å². The number of aromatic hydroxyl groups is 1. The van der Waals surface area contributed by atoms with Crippen LogP contribution in [0.15, 0.2) is 12.1 Å². The highest BCUT2D eigenvalue weighted by Gasteiger charge is 2.72. The molecule has 19 heavy (non-hydrogen) atoms. The average Bonchev–Trinajstić information content (AvgIpc) is 2.18. The van der Waals surface area contributed by atoms with Crippen molar-refractivity contribution in [2.75, 3.05) is 0 Å². The molecule has 0 saturated heterocycles. The summed E-state index contributed by atoms with van der Waals surface area (Å²) in [6, 6.07) is 0.874. The molecule has 10 heteroatoms. The molecule has 0 aromatic heterocycles. The number of alkyl halides is 6. The molecule has 2 nitrogen and oxygen atoms in total. The second-order valence-corrected chi connectivity index (χ2v) is 4.33. The van der Waals surface area contributed by atoms with E-state index in [1.54, 1.807) is 0 Å². The van der Waals surface area contributed by atoms with Gasteiger partial charge in [0.2, 0.25) is 0 Å². The van der Waals surface area contributed by atoms with Crippen LogP contribution in [0.25, 0.3) is 0 Å². The molecular formula is C9H4Cl2F6O2. The van der Waals surface area contributed by atoms with Gasteiger partial charge in [-0.05, 0) is 12.1 Å². The number of hydrogen-bond donors (Lipinski definition) is 2. The SMILES string of the molecule is Oc1c(Cl)cc(Cl)cc1C(O)(C(F)(F)F)C(F)(F)F. The molecule has 2 N–H and O–H groups in total. The molecule has 0 radical (unpaired) electrons. The summed E-state index contributed by atoms with van der Waals surface area (Å²) < 4.78 is 75.4. The van der Waals surface area contributed by atoms with Gasteiger partial charge < -0.3 is 10.2 Å². The van der Waals surface area contributed by atoms with Crippen LogP contribution >= 0.6 is 23.2 Å². The van der Waals surface area contributed by atoms with Crippen LogP contribution in [0, 0.1) is 0 Å². The summed E-state index contributed by atoms with van der Waals surface area (Å²) in [5.41, 5.74) is -7.16. The summed E-state index contributed by atoms with van der Waals surface area (Å²) in [7, 11) is 0. The Balaban J connectivity index is 3.71. The summed E-state index contributed by atoms with van der Waals surface area (Å²) in [5.74, 6) is -1.55. The largest absolute Gasteiger partial charge is 0.506 e. The fourth-order valence-electron chi connectivity index (χ4n) is 1.31. The smallest absolute Gasteiger partial charge is 0.430 e. The number of phenols is 1. The molecule has 0 heterocycles. The lowest BCUT2D eigenvalue weighted by Crippen LogP contribution is -2.54. The number of rotatable bonds is 1. The van der Waals surface area contributed by atoms with Crippen molar-refractivity contribution in [1.82, 2.24) is 0 Å². The maximum atomic E-state index is 12.6. The summed E-state index contributed by atoms with van der Waals surface area (Å²) in [6.07, 6.45) is -12.3. The standard InChI is InChI=1S/C9H4Cl2F6O2/c10-3-1-4(6(18)5(11)2-3)7(19,8(12,13)14)9(15,16)17/h1-2,18-19H. The summed E-state index contributed by atoms with van der Waals surface area (Å²) >= 11 is 10.5. The number of hydrogen-bond acceptors (Lipinski definition) is 2. The van der Waals surface area contributed by atoms with Crippen LogP contribution in [0.3, 0.4) is 0 Å². The number of phenolic OH excluding ortho intramolecular Hbond substituents is 1. The average molecular weight is 329 g/mol.